The molecule has 9 heteroatoms. The first kappa shape index (κ1) is 18.7. The molecule has 1 fully saturated rings. The summed E-state index contributed by atoms with van der Waals surface area (Å²) in [6, 6.07) is 7.06. The van der Waals surface area contributed by atoms with Crippen LogP contribution in [-0.2, 0) is 9.59 Å². The van der Waals surface area contributed by atoms with Crippen LogP contribution in [0.2, 0.25) is 0 Å². The van der Waals surface area contributed by atoms with E-state index in [4.69, 9.17) is 0 Å². The average Bonchev–Trinajstić information content (AvgIpc) is 2.77. The number of hydrogen-bond donors (Lipinski definition) is 1. The Bertz CT molecular complexity index is 680. The molecule has 2 heterocycles. The van der Waals surface area contributed by atoms with Crippen LogP contribution in [0, 0.1) is 0 Å². The summed E-state index contributed by atoms with van der Waals surface area (Å²) in [5.74, 6) is -0.485. The van der Waals surface area contributed by atoms with Gasteiger partial charge in [0.25, 0.3) is 0 Å². The molecule has 2 aliphatic heterocycles. The Morgan fingerprint density at radius 3 is 2.54 bits per heavy atom. The molecule has 2 amide bonds. The molecule has 26 heavy (non-hydrogen) atoms. The molecule has 2 aliphatic rings. The van der Waals surface area contributed by atoms with Crippen LogP contribution in [0.3, 0.4) is 0 Å². The maximum atomic E-state index is 12.7. The minimum Gasteiger partial charge on any atom is -0.323 e. The first-order valence-corrected chi connectivity index (χ1v) is 8.52. The molecule has 0 aliphatic carbocycles. The summed E-state index contributed by atoms with van der Waals surface area (Å²) in [7, 11) is 0. The first-order valence-electron chi connectivity index (χ1n) is 8.52. The molecule has 0 saturated carbocycles. The summed E-state index contributed by atoms with van der Waals surface area (Å²) in [5.41, 5.74) is 1.23. The monoisotopic (exact) mass is 370 g/mol. The fraction of sp³-hybridized carbons (Fsp3) is 0.529. The second-order valence-corrected chi connectivity index (χ2v) is 6.57. The maximum Gasteiger partial charge on any atom is 0.401 e. The lowest BCUT2D eigenvalue weighted by atomic mass is 10.2. The second-order valence-electron chi connectivity index (χ2n) is 6.57. The molecular formula is C17H21F3N4O2. The zero-order chi connectivity index (χ0) is 18.7. The van der Waals surface area contributed by atoms with E-state index in [0.29, 0.717) is 37.4 Å². The molecule has 1 N–H and O–H groups in total. The van der Waals surface area contributed by atoms with Crippen LogP contribution >= 0.6 is 0 Å². The third-order valence-electron chi connectivity index (χ3n) is 4.51. The van der Waals surface area contributed by atoms with Crippen LogP contribution in [0.4, 0.5) is 24.5 Å². The Balaban J connectivity index is 1.61. The van der Waals surface area contributed by atoms with Crippen molar-refractivity contribution >= 4 is 23.2 Å². The summed E-state index contributed by atoms with van der Waals surface area (Å²) in [4.78, 5) is 29.2. The van der Waals surface area contributed by atoms with Gasteiger partial charge >= 0.3 is 6.18 Å². The van der Waals surface area contributed by atoms with Gasteiger partial charge in [0, 0.05) is 13.1 Å². The molecule has 1 aromatic rings. The van der Waals surface area contributed by atoms with Crippen LogP contribution < -0.4 is 10.2 Å². The highest BCUT2D eigenvalue weighted by molar-refractivity contribution is 6.10. The van der Waals surface area contributed by atoms with Crippen molar-refractivity contribution < 1.29 is 22.8 Å². The number of nitrogens with zero attached hydrogens (tertiary/aromatic N) is 3. The lowest BCUT2D eigenvalue weighted by Gasteiger charge is -2.31. The fourth-order valence-electron chi connectivity index (χ4n) is 3.33. The molecule has 0 spiro atoms. The Hall–Kier alpha value is -2.13. The number of carbonyl (C=O) groups is 2. The predicted octanol–water partition coefficient (Wildman–Crippen LogP) is 1.54. The Labute approximate surface area is 149 Å². The van der Waals surface area contributed by atoms with Gasteiger partial charge in [0.15, 0.2) is 0 Å². The normalized spacial score (nSPS) is 19.7. The number of alkyl halides is 3. The molecule has 6 nitrogen and oxygen atoms in total. The van der Waals surface area contributed by atoms with E-state index in [0.717, 1.165) is 0 Å². The molecule has 0 unspecified atom stereocenters. The molecule has 0 radical (unpaired) electrons. The van der Waals surface area contributed by atoms with Crippen molar-refractivity contribution in [1.29, 1.82) is 0 Å². The standard InChI is InChI=1S/C17H21F3N4O2/c18-17(19,20)12-23-7-3-6-22(8-9-23)11-16(26)24-10-15(25)21-13-4-1-2-5-14(13)24/h1-2,4-5H,3,6-12H2,(H,21,25). The molecular weight excluding hydrogens is 349 g/mol. The van der Waals surface area contributed by atoms with Crippen molar-refractivity contribution in [3.8, 4) is 0 Å². The molecule has 142 valence electrons. The second kappa shape index (κ2) is 7.63. The minimum absolute atomic E-state index is 0.0517. The van der Waals surface area contributed by atoms with Gasteiger partial charge in [-0.15, -0.1) is 0 Å². The van der Waals surface area contributed by atoms with Gasteiger partial charge in [-0.05, 0) is 31.6 Å². The third-order valence-corrected chi connectivity index (χ3v) is 4.51. The van der Waals surface area contributed by atoms with Crippen LogP contribution in [0.15, 0.2) is 24.3 Å². The van der Waals surface area contributed by atoms with Gasteiger partial charge in [0.1, 0.15) is 6.54 Å². The lowest BCUT2D eigenvalue weighted by Crippen LogP contribution is -2.47. The number of para-hydroxylation sites is 2. The van der Waals surface area contributed by atoms with E-state index in [1.54, 1.807) is 24.3 Å². The van der Waals surface area contributed by atoms with Crippen molar-refractivity contribution in [2.75, 3.05) is 56.0 Å². The van der Waals surface area contributed by atoms with Crippen molar-refractivity contribution in [3.63, 3.8) is 0 Å². The van der Waals surface area contributed by atoms with Crippen molar-refractivity contribution in [3.05, 3.63) is 24.3 Å². The number of fused-ring (bicyclic) bond motifs is 1. The third kappa shape index (κ3) is 4.73. The summed E-state index contributed by atoms with van der Waals surface area (Å²) in [5, 5.41) is 2.73. The Morgan fingerprint density at radius 2 is 1.77 bits per heavy atom. The van der Waals surface area contributed by atoms with E-state index in [-0.39, 0.29) is 31.4 Å². The lowest BCUT2D eigenvalue weighted by molar-refractivity contribution is -0.145. The number of halogens is 3. The number of nitrogens with one attached hydrogen (secondary N) is 1. The van der Waals surface area contributed by atoms with Crippen LogP contribution in [0.5, 0.6) is 0 Å². The van der Waals surface area contributed by atoms with Gasteiger partial charge in [0.2, 0.25) is 11.8 Å². The quantitative estimate of drug-likeness (QED) is 0.877. The van der Waals surface area contributed by atoms with Gasteiger partial charge < -0.3 is 5.32 Å². The number of amides is 2. The maximum absolute atomic E-state index is 12.7. The number of anilines is 2. The van der Waals surface area contributed by atoms with Crippen molar-refractivity contribution in [1.82, 2.24) is 9.80 Å². The topological polar surface area (TPSA) is 55.9 Å². The zero-order valence-electron chi connectivity index (χ0n) is 14.3. The molecule has 3 rings (SSSR count). The van der Waals surface area contributed by atoms with E-state index < -0.39 is 12.7 Å². The van der Waals surface area contributed by atoms with Crippen molar-refractivity contribution in [2.45, 2.75) is 12.6 Å². The highest BCUT2D eigenvalue weighted by atomic mass is 19.4. The number of benzene rings is 1. The number of rotatable bonds is 3. The Morgan fingerprint density at radius 1 is 1.08 bits per heavy atom. The molecule has 0 atom stereocenters. The van der Waals surface area contributed by atoms with Crippen LogP contribution in [0.25, 0.3) is 0 Å². The van der Waals surface area contributed by atoms with Gasteiger partial charge in [-0.3, -0.25) is 24.3 Å². The smallest absolute Gasteiger partial charge is 0.323 e. The first-order chi connectivity index (χ1) is 12.3. The minimum atomic E-state index is -4.21. The SMILES string of the molecule is O=C1CN(C(=O)CN2CCCN(CC(F)(F)F)CC2)c2ccccc2N1. The van der Waals surface area contributed by atoms with E-state index in [1.165, 1.54) is 9.80 Å². The highest BCUT2D eigenvalue weighted by Crippen LogP contribution is 2.29. The summed E-state index contributed by atoms with van der Waals surface area (Å²) < 4.78 is 37.6. The van der Waals surface area contributed by atoms with E-state index >= 15 is 0 Å². The van der Waals surface area contributed by atoms with E-state index in [2.05, 4.69) is 5.32 Å². The molecule has 1 aromatic carbocycles. The van der Waals surface area contributed by atoms with Crippen molar-refractivity contribution in [2.24, 2.45) is 0 Å². The average molecular weight is 370 g/mol. The van der Waals surface area contributed by atoms with Gasteiger partial charge in [-0.2, -0.15) is 13.2 Å². The molecule has 0 aromatic heterocycles. The largest absolute Gasteiger partial charge is 0.401 e. The van der Waals surface area contributed by atoms with Gasteiger partial charge in [0.05, 0.1) is 24.5 Å². The van der Waals surface area contributed by atoms with Crippen LogP contribution in [-0.4, -0.2) is 73.6 Å². The number of carbonyl (C=O) groups excluding carboxylic acids is 2. The summed E-state index contributed by atoms with van der Waals surface area (Å²) in [6.45, 7) is 0.689. The molecule has 1 saturated heterocycles. The zero-order valence-corrected chi connectivity index (χ0v) is 14.3. The fourth-order valence-corrected chi connectivity index (χ4v) is 3.33. The summed E-state index contributed by atoms with van der Waals surface area (Å²) in [6.07, 6.45) is -3.64. The predicted molar refractivity (Wildman–Crippen MR) is 91.0 cm³/mol. The van der Waals surface area contributed by atoms with Gasteiger partial charge in [-0.25, -0.2) is 0 Å². The van der Waals surface area contributed by atoms with E-state index in [1.807, 2.05) is 4.90 Å². The number of hydrogen-bond acceptors (Lipinski definition) is 4. The summed E-state index contributed by atoms with van der Waals surface area (Å²) >= 11 is 0. The highest BCUT2D eigenvalue weighted by Gasteiger charge is 2.32. The van der Waals surface area contributed by atoms with Gasteiger partial charge in [-0.1, -0.05) is 12.1 Å². The van der Waals surface area contributed by atoms with E-state index in [9.17, 15) is 22.8 Å². The molecule has 0 bridgehead atoms. The van der Waals surface area contributed by atoms with Crippen LogP contribution in [0.1, 0.15) is 6.42 Å². The Kier molecular flexibility index (Phi) is 5.47.